The van der Waals surface area contributed by atoms with Gasteiger partial charge in [-0.1, -0.05) is 0 Å². The van der Waals surface area contributed by atoms with Crippen molar-refractivity contribution in [1.29, 1.82) is 10.5 Å². The van der Waals surface area contributed by atoms with Crippen molar-refractivity contribution in [3.8, 4) is 12.1 Å². The Morgan fingerprint density at radius 3 is 2.12 bits per heavy atom. The molecule has 1 aliphatic rings. The molecule has 0 unspecified atom stereocenters. The molecule has 0 amide bonds. The molecule has 0 bridgehead atoms. The molecule has 8 nitrogen and oxygen atoms in total. The van der Waals surface area contributed by atoms with E-state index >= 15 is 0 Å². The molecule has 0 radical (unpaired) electrons. The molecule has 25 heavy (non-hydrogen) atoms. The van der Waals surface area contributed by atoms with E-state index in [0.717, 1.165) is 0 Å². The largest absolute Gasteiger partial charge is 0.465 e. The third kappa shape index (κ3) is 3.35. The fourth-order valence-electron chi connectivity index (χ4n) is 3.36. The minimum Gasteiger partial charge on any atom is -0.465 e. The molecule has 3 atom stereocenters. The van der Waals surface area contributed by atoms with Gasteiger partial charge >= 0.3 is 11.9 Å². The molecule has 1 rings (SSSR count). The smallest absolute Gasteiger partial charge is 0.341 e. The van der Waals surface area contributed by atoms with Crippen molar-refractivity contribution in [2.45, 2.75) is 39.2 Å². The van der Waals surface area contributed by atoms with E-state index in [0.29, 0.717) is 0 Å². The van der Waals surface area contributed by atoms with Crippen LogP contribution >= 0.6 is 0 Å². The van der Waals surface area contributed by atoms with Gasteiger partial charge in [-0.05, 0) is 34.2 Å². The van der Waals surface area contributed by atoms with Crippen molar-refractivity contribution >= 4 is 17.7 Å². The Labute approximate surface area is 147 Å². The number of likely N-dealkylation sites (tertiary alicyclic amines) is 1. The molecule has 8 heteroatoms. The molecule has 0 aromatic rings. The summed E-state index contributed by atoms with van der Waals surface area (Å²) >= 11 is 0. The lowest BCUT2D eigenvalue weighted by atomic mass is 9.60. The summed E-state index contributed by atoms with van der Waals surface area (Å²) < 4.78 is 10.1. The van der Waals surface area contributed by atoms with Crippen molar-refractivity contribution < 1.29 is 23.9 Å². The van der Waals surface area contributed by atoms with Crippen LogP contribution in [0.2, 0.25) is 0 Å². The van der Waals surface area contributed by atoms with E-state index in [1.807, 2.05) is 12.1 Å². The summed E-state index contributed by atoms with van der Waals surface area (Å²) in [5.41, 5.74) is -3.68. The Morgan fingerprint density at radius 1 is 1.12 bits per heavy atom. The molecule has 0 spiro atoms. The number of Topliss-reactive ketones (excluding diaryl/α,β-unsaturated/α-hetero) is 1. The summed E-state index contributed by atoms with van der Waals surface area (Å²) in [6.45, 7) is 4.68. The second kappa shape index (κ2) is 8.09. The zero-order chi connectivity index (χ0) is 19.3. The number of nitrogens with zero attached hydrogens (tertiary/aromatic N) is 3. The highest BCUT2D eigenvalue weighted by Crippen LogP contribution is 2.48. The lowest BCUT2D eigenvalue weighted by molar-refractivity contribution is -0.174. The predicted molar refractivity (Wildman–Crippen MR) is 85.7 cm³/mol. The predicted octanol–water partition coefficient (Wildman–Crippen LogP) is 0.816. The summed E-state index contributed by atoms with van der Waals surface area (Å²) in [4.78, 5) is 38.6. The highest BCUT2D eigenvalue weighted by Gasteiger charge is 2.66. The van der Waals surface area contributed by atoms with Gasteiger partial charge in [-0.25, -0.2) is 4.79 Å². The van der Waals surface area contributed by atoms with E-state index in [4.69, 9.17) is 9.47 Å². The first-order chi connectivity index (χ1) is 11.8. The summed E-state index contributed by atoms with van der Waals surface area (Å²) in [7, 11) is 1.54. The molecule has 1 aliphatic heterocycles. The van der Waals surface area contributed by atoms with Crippen LogP contribution < -0.4 is 0 Å². The van der Waals surface area contributed by atoms with Crippen LogP contribution in [0.3, 0.4) is 0 Å². The van der Waals surface area contributed by atoms with Crippen LogP contribution in [0.5, 0.6) is 0 Å². The SMILES string of the molecule is CCOC(=O)[C@@]1(C#N)[C@H](CC(C)=O)[C@@](C#N)(C(=O)OCC)CCN1C. The van der Waals surface area contributed by atoms with Gasteiger partial charge in [0.2, 0.25) is 5.54 Å². The standard InChI is InChI=1S/C17H23N3O5/c1-5-24-14(22)16(10-18)7-8-20(4)17(11-19,15(23)25-6-2)13(16)9-12(3)21/h13H,5-9H2,1-4H3/t13-,16-,17-/m1/s1. The van der Waals surface area contributed by atoms with Crippen molar-refractivity contribution in [3.63, 3.8) is 0 Å². The molecular weight excluding hydrogens is 326 g/mol. The number of ether oxygens (including phenoxy) is 2. The molecule has 1 heterocycles. The van der Waals surface area contributed by atoms with Crippen LogP contribution in [0.1, 0.15) is 33.6 Å². The number of carbonyl (C=O) groups excluding carboxylic acids is 3. The van der Waals surface area contributed by atoms with Crippen LogP contribution in [0.25, 0.3) is 0 Å². The van der Waals surface area contributed by atoms with Crippen LogP contribution in [-0.4, -0.2) is 55.0 Å². The van der Waals surface area contributed by atoms with Crippen molar-refractivity contribution in [3.05, 3.63) is 0 Å². The Balaban J connectivity index is 3.64. The summed E-state index contributed by atoms with van der Waals surface area (Å²) in [5.74, 6) is -3.21. The molecule has 0 aromatic carbocycles. The maximum Gasteiger partial charge on any atom is 0.341 e. The molecule has 0 aromatic heterocycles. The van der Waals surface area contributed by atoms with Gasteiger partial charge in [-0.15, -0.1) is 0 Å². The first kappa shape index (κ1) is 20.6. The topological polar surface area (TPSA) is 120 Å². The van der Waals surface area contributed by atoms with Gasteiger partial charge in [0.25, 0.3) is 0 Å². The number of carbonyl (C=O) groups is 3. The molecule has 136 valence electrons. The third-order valence-electron chi connectivity index (χ3n) is 4.63. The maximum absolute atomic E-state index is 12.7. The van der Waals surface area contributed by atoms with Crippen LogP contribution in [0, 0.1) is 34.0 Å². The number of hydrogen-bond acceptors (Lipinski definition) is 8. The van der Waals surface area contributed by atoms with Crippen molar-refractivity contribution in [1.82, 2.24) is 4.90 Å². The monoisotopic (exact) mass is 349 g/mol. The quantitative estimate of drug-likeness (QED) is 0.646. The van der Waals surface area contributed by atoms with Gasteiger partial charge in [-0.3, -0.25) is 9.69 Å². The first-order valence-corrected chi connectivity index (χ1v) is 8.14. The minimum absolute atomic E-state index is 0.0296. The molecule has 1 saturated heterocycles. The summed E-state index contributed by atoms with van der Waals surface area (Å²) in [6, 6.07) is 3.89. The minimum atomic E-state index is -1.91. The van der Waals surface area contributed by atoms with Gasteiger partial charge in [-0.2, -0.15) is 10.5 Å². The zero-order valence-electron chi connectivity index (χ0n) is 15.0. The van der Waals surface area contributed by atoms with E-state index in [1.54, 1.807) is 20.9 Å². The highest BCUT2D eigenvalue weighted by molar-refractivity contribution is 5.91. The van der Waals surface area contributed by atoms with Crippen LogP contribution in [0.15, 0.2) is 0 Å². The van der Waals surface area contributed by atoms with E-state index < -0.39 is 28.8 Å². The number of rotatable bonds is 6. The summed E-state index contributed by atoms with van der Waals surface area (Å²) in [6.07, 6.45) is -0.233. The Morgan fingerprint density at radius 2 is 1.68 bits per heavy atom. The first-order valence-electron chi connectivity index (χ1n) is 8.14. The van der Waals surface area contributed by atoms with Gasteiger partial charge in [0.15, 0.2) is 5.41 Å². The Bertz CT molecular complexity index is 635. The van der Waals surface area contributed by atoms with E-state index in [2.05, 4.69) is 0 Å². The molecule has 0 saturated carbocycles. The second-order valence-electron chi connectivity index (χ2n) is 6.03. The summed E-state index contributed by atoms with van der Waals surface area (Å²) in [5, 5.41) is 19.7. The number of likely N-dealkylation sites (N-methyl/N-ethyl adjacent to an activating group) is 1. The second-order valence-corrected chi connectivity index (χ2v) is 6.03. The number of hydrogen-bond donors (Lipinski definition) is 0. The zero-order valence-corrected chi connectivity index (χ0v) is 15.0. The normalized spacial score (nSPS) is 29.1. The number of esters is 2. The Hall–Kier alpha value is -2.45. The average molecular weight is 349 g/mol. The lowest BCUT2D eigenvalue weighted by Crippen LogP contribution is -2.67. The van der Waals surface area contributed by atoms with Crippen LogP contribution in [-0.2, 0) is 23.9 Å². The fraction of sp³-hybridized carbons (Fsp3) is 0.706. The van der Waals surface area contributed by atoms with E-state index in [9.17, 15) is 24.9 Å². The molecule has 0 aliphatic carbocycles. The van der Waals surface area contributed by atoms with Gasteiger partial charge in [0, 0.05) is 18.9 Å². The van der Waals surface area contributed by atoms with E-state index in [1.165, 1.54) is 11.8 Å². The number of piperidine rings is 1. The number of nitriles is 2. The molecule has 0 N–H and O–H groups in total. The third-order valence-corrected chi connectivity index (χ3v) is 4.63. The Kier molecular flexibility index (Phi) is 6.66. The molecule has 1 fully saturated rings. The average Bonchev–Trinajstić information content (AvgIpc) is 2.56. The number of ketones is 1. The van der Waals surface area contributed by atoms with Crippen molar-refractivity contribution in [2.75, 3.05) is 26.8 Å². The highest BCUT2D eigenvalue weighted by atomic mass is 16.5. The molecular formula is C17H23N3O5. The van der Waals surface area contributed by atoms with Crippen LogP contribution in [0.4, 0.5) is 0 Å². The fourth-order valence-corrected chi connectivity index (χ4v) is 3.36. The maximum atomic E-state index is 12.7. The van der Waals surface area contributed by atoms with Gasteiger partial charge in [0.05, 0.1) is 25.4 Å². The van der Waals surface area contributed by atoms with Gasteiger partial charge < -0.3 is 14.3 Å². The lowest BCUT2D eigenvalue weighted by Gasteiger charge is -2.49. The van der Waals surface area contributed by atoms with E-state index in [-0.39, 0.29) is 38.4 Å². The van der Waals surface area contributed by atoms with Crippen molar-refractivity contribution in [2.24, 2.45) is 11.3 Å². The van der Waals surface area contributed by atoms with Gasteiger partial charge in [0.1, 0.15) is 5.78 Å².